The minimum absolute atomic E-state index is 0.00610. The van der Waals surface area contributed by atoms with Gasteiger partial charge < -0.3 is 9.08 Å². The Morgan fingerprint density at radius 2 is 1.80 bits per heavy atom. The maximum absolute atomic E-state index is 13.2. The molecule has 1 aliphatic carbocycles. The van der Waals surface area contributed by atoms with Gasteiger partial charge in [0.15, 0.2) is 5.82 Å². The van der Waals surface area contributed by atoms with E-state index < -0.39 is 23.0 Å². The molecule has 4 rings (SSSR count). The molecule has 1 fully saturated rings. The van der Waals surface area contributed by atoms with Gasteiger partial charge in [0.25, 0.3) is 5.89 Å². The van der Waals surface area contributed by atoms with Crippen LogP contribution in [0, 0.1) is 5.41 Å². The number of nitrogens with zero attached hydrogens (tertiary/aromatic N) is 3. The maximum atomic E-state index is 13.2. The van der Waals surface area contributed by atoms with Gasteiger partial charge in [0.2, 0.25) is 0 Å². The lowest BCUT2D eigenvalue weighted by Gasteiger charge is -2.08. The summed E-state index contributed by atoms with van der Waals surface area (Å²) in [6.07, 6.45) is -2.32. The maximum Gasteiger partial charge on any atom is 0.417 e. The first-order chi connectivity index (χ1) is 14.0. The third-order valence-electron chi connectivity index (χ3n) is 5.06. The van der Waals surface area contributed by atoms with Crippen molar-refractivity contribution in [3.8, 4) is 11.5 Å². The third kappa shape index (κ3) is 4.58. The Bertz CT molecular complexity index is 1040. The number of aromatic nitrogens is 3. The van der Waals surface area contributed by atoms with Gasteiger partial charge in [-0.1, -0.05) is 49.3 Å². The van der Waals surface area contributed by atoms with Crippen molar-refractivity contribution in [2.75, 3.05) is 0 Å². The second-order valence-electron chi connectivity index (χ2n) is 7.32. The SMILES string of the molecule is CC1(C)[C@@H](c2ccccc2)[C@@H]1c1noc(-c2cnccc2C(F)(F)F)n1.NS(=O)[O-]. The number of halogens is 3. The first-order valence-corrected chi connectivity index (χ1v) is 9.91. The lowest BCUT2D eigenvalue weighted by atomic mass is 10.0. The fourth-order valence-electron chi connectivity index (χ4n) is 3.68. The second kappa shape index (κ2) is 8.25. The Labute approximate surface area is 172 Å². The van der Waals surface area contributed by atoms with Crippen molar-refractivity contribution < 1.29 is 26.5 Å². The summed E-state index contributed by atoms with van der Waals surface area (Å²) in [4.78, 5) is 8.04. The van der Waals surface area contributed by atoms with E-state index in [9.17, 15) is 13.2 Å². The minimum atomic E-state index is -4.52. The van der Waals surface area contributed by atoms with Crippen LogP contribution >= 0.6 is 0 Å². The second-order valence-corrected chi connectivity index (χ2v) is 7.85. The van der Waals surface area contributed by atoms with Gasteiger partial charge in [-0.15, -0.1) is 0 Å². The normalized spacial score (nSPS) is 20.8. The number of hydrogen-bond donors (Lipinski definition) is 1. The fraction of sp³-hybridized carbons (Fsp3) is 0.316. The quantitative estimate of drug-likeness (QED) is 0.620. The minimum Gasteiger partial charge on any atom is -0.760 e. The lowest BCUT2D eigenvalue weighted by molar-refractivity contribution is -0.137. The van der Waals surface area contributed by atoms with Crippen molar-refractivity contribution in [1.29, 1.82) is 0 Å². The van der Waals surface area contributed by atoms with Crippen LogP contribution in [-0.2, 0) is 17.4 Å². The molecule has 11 heteroatoms. The number of hydrogen-bond acceptors (Lipinski definition) is 6. The van der Waals surface area contributed by atoms with Crippen LogP contribution in [0.3, 0.4) is 0 Å². The molecule has 2 heterocycles. The molecule has 1 saturated carbocycles. The van der Waals surface area contributed by atoms with Crippen molar-refractivity contribution in [1.82, 2.24) is 15.1 Å². The van der Waals surface area contributed by atoms with Crippen molar-refractivity contribution in [3.63, 3.8) is 0 Å². The van der Waals surface area contributed by atoms with E-state index >= 15 is 0 Å². The summed E-state index contributed by atoms with van der Waals surface area (Å²) in [6, 6.07) is 10.9. The summed E-state index contributed by atoms with van der Waals surface area (Å²) >= 11 is -2.36. The molecule has 0 aliphatic heterocycles. The van der Waals surface area contributed by atoms with E-state index in [1.165, 1.54) is 0 Å². The smallest absolute Gasteiger partial charge is 0.417 e. The predicted octanol–water partition coefficient (Wildman–Crippen LogP) is 3.80. The van der Waals surface area contributed by atoms with E-state index in [0.717, 1.165) is 24.0 Å². The van der Waals surface area contributed by atoms with Crippen molar-refractivity contribution in [2.24, 2.45) is 10.6 Å². The average molecular weight is 439 g/mol. The first-order valence-electron chi connectivity index (χ1n) is 8.77. The number of rotatable bonds is 3. The monoisotopic (exact) mass is 439 g/mol. The Kier molecular flexibility index (Phi) is 6.06. The molecule has 0 amide bonds. The molecular formula is C19H18F3N4O3S-. The molecular weight excluding hydrogens is 421 g/mol. The summed E-state index contributed by atoms with van der Waals surface area (Å²) in [6.45, 7) is 4.19. The highest BCUT2D eigenvalue weighted by Gasteiger charge is 2.61. The molecule has 2 aromatic heterocycles. The molecule has 1 unspecified atom stereocenters. The van der Waals surface area contributed by atoms with Gasteiger partial charge >= 0.3 is 6.18 Å². The summed E-state index contributed by atoms with van der Waals surface area (Å²) in [7, 11) is 0. The van der Waals surface area contributed by atoms with Gasteiger partial charge in [-0.2, -0.15) is 18.2 Å². The van der Waals surface area contributed by atoms with Gasteiger partial charge in [0.05, 0.1) is 11.1 Å². The van der Waals surface area contributed by atoms with Crippen LogP contribution in [-0.4, -0.2) is 23.9 Å². The van der Waals surface area contributed by atoms with E-state index in [4.69, 9.17) is 13.3 Å². The molecule has 7 nitrogen and oxygen atoms in total. The van der Waals surface area contributed by atoms with Gasteiger partial charge in [0, 0.05) is 35.5 Å². The summed E-state index contributed by atoms with van der Waals surface area (Å²) in [5.74, 6) is 0.462. The topological polar surface area (TPSA) is 118 Å². The van der Waals surface area contributed by atoms with Crippen molar-refractivity contribution >= 4 is 11.3 Å². The van der Waals surface area contributed by atoms with Gasteiger partial charge in [0.1, 0.15) is 0 Å². The van der Waals surface area contributed by atoms with Crippen LogP contribution in [0.2, 0.25) is 0 Å². The average Bonchev–Trinajstić information content (AvgIpc) is 3.01. The van der Waals surface area contributed by atoms with Crippen LogP contribution in [0.5, 0.6) is 0 Å². The molecule has 0 radical (unpaired) electrons. The van der Waals surface area contributed by atoms with Gasteiger partial charge in [-0.3, -0.25) is 14.3 Å². The zero-order valence-corrected chi connectivity index (χ0v) is 16.8. The van der Waals surface area contributed by atoms with Gasteiger partial charge in [-0.05, 0) is 17.0 Å². The molecule has 1 aromatic carbocycles. The largest absolute Gasteiger partial charge is 0.760 e. The molecule has 0 bridgehead atoms. The molecule has 0 spiro atoms. The van der Waals surface area contributed by atoms with Crippen molar-refractivity contribution in [3.05, 3.63) is 65.7 Å². The molecule has 30 heavy (non-hydrogen) atoms. The van der Waals surface area contributed by atoms with Crippen LogP contribution in [0.25, 0.3) is 11.5 Å². The Balaban J connectivity index is 0.000000589. The zero-order chi connectivity index (χ0) is 22.1. The summed E-state index contributed by atoms with van der Waals surface area (Å²) < 4.78 is 62.3. The lowest BCUT2D eigenvalue weighted by Crippen LogP contribution is -2.07. The standard InChI is InChI=1S/C19H16F3N3O.H3NO2S/c1-18(2)14(11-6-4-3-5-7-11)15(18)16-24-17(26-25-16)12-10-23-9-8-13(12)19(20,21)22;1-4(2)3/h3-10,14-15H,1-2H3;1H2,(H,2,3)/p-1/t14-,15+;/m0./s1. The zero-order valence-electron chi connectivity index (χ0n) is 16.0. The summed E-state index contributed by atoms with van der Waals surface area (Å²) in [5.41, 5.74) is 0.0293. The first kappa shape index (κ1) is 22.1. The predicted molar refractivity (Wildman–Crippen MR) is 101 cm³/mol. The molecule has 2 N–H and O–H groups in total. The van der Waals surface area contributed by atoms with Crippen molar-refractivity contribution in [2.45, 2.75) is 31.9 Å². The molecule has 0 saturated heterocycles. The van der Waals surface area contributed by atoms with E-state index in [-0.39, 0.29) is 28.7 Å². The number of benzene rings is 1. The molecule has 3 atom stereocenters. The molecule has 1 aliphatic rings. The van der Waals surface area contributed by atoms with E-state index in [2.05, 4.69) is 34.1 Å². The number of alkyl halides is 3. The van der Waals surface area contributed by atoms with Crippen LogP contribution < -0.4 is 5.14 Å². The number of pyridine rings is 1. The Morgan fingerprint density at radius 3 is 2.40 bits per heavy atom. The number of nitrogens with two attached hydrogens (primary N) is 1. The molecule has 160 valence electrons. The van der Waals surface area contributed by atoms with Gasteiger partial charge in [-0.25, -0.2) is 0 Å². The molecule has 3 aromatic rings. The van der Waals surface area contributed by atoms with E-state index in [1.54, 1.807) is 0 Å². The Morgan fingerprint density at radius 1 is 1.17 bits per heavy atom. The van der Waals surface area contributed by atoms with Crippen LogP contribution in [0.1, 0.15) is 42.6 Å². The van der Waals surface area contributed by atoms with Crippen LogP contribution in [0.15, 0.2) is 53.3 Å². The highest BCUT2D eigenvalue weighted by atomic mass is 32.2. The third-order valence-corrected chi connectivity index (χ3v) is 5.06. The fourth-order valence-corrected chi connectivity index (χ4v) is 3.68. The van der Waals surface area contributed by atoms with E-state index in [1.807, 2.05) is 30.3 Å². The highest BCUT2D eigenvalue weighted by molar-refractivity contribution is 7.76. The highest BCUT2D eigenvalue weighted by Crippen LogP contribution is 2.69. The van der Waals surface area contributed by atoms with Crippen LogP contribution in [0.4, 0.5) is 13.2 Å². The Hall–Kier alpha value is -2.63. The summed E-state index contributed by atoms with van der Waals surface area (Å²) in [5, 5.41) is 8.00. The van der Waals surface area contributed by atoms with E-state index in [0.29, 0.717) is 5.82 Å².